The van der Waals surface area contributed by atoms with Crippen molar-refractivity contribution in [3.63, 3.8) is 0 Å². The fourth-order valence-electron chi connectivity index (χ4n) is 2.68. The van der Waals surface area contributed by atoms with Crippen LogP contribution in [0.1, 0.15) is 11.1 Å². The highest BCUT2D eigenvalue weighted by atomic mass is 35.5. The van der Waals surface area contributed by atoms with Gasteiger partial charge in [0.15, 0.2) is 0 Å². The van der Waals surface area contributed by atoms with E-state index in [1.807, 2.05) is 48.5 Å². The Morgan fingerprint density at radius 2 is 2.07 bits per heavy atom. The number of nitrogens with zero attached hydrogens (tertiary/aromatic N) is 2. The highest BCUT2D eigenvalue weighted by Crippen LogP contribution is 2.22. The number of methoxy groups -OCH3 is 1. The molecule has 0 radical (unpaired) electrons. The van der Waals surface area contributed by atoms with Gasteiger partial charge in [-0.2, -0.15) is 5.10 Å². The number of hydrogen-bond acceptors (Lipinski definition) is 4. The lowest BCUT2D eigenvalue weighted by Gasteiger charge is -2.11. The van der Waals surface area contributed by atoms with E-state index in [1.165, 1.54) is 6.08 Å². The number of hydrogen-bond donors (Lipinski definition) is 1. The number of nitrogens with one attached hydrogen (secondary N) is 1. The average molecular weight is 412 g/mol. The van der Waals surface area contributed by atoms with Gasteiger partial charge in [0.1, 0.15) is 18.1 Å². The van der Waals surface area contributed by atoms with Crippen molar-refractivity contribution in [3.8, 4) is 11.5 Å². The van der Waals surface area contributed by atoms with Crippen molar-refractivity contribution in [2.75, 3.05) is 13.7 Å². The number of halogens is 1. The Morgan fingerprint density at radius 3 is 2.79 bits per heavy atom. The molecule has 7 heteroatoms. The van der Waals surface area contributed by atoms with Crippen LogP contribution in [-0.2, 0) is 17.9 Å². The fourth-order valence-corrected chi connectivity index (χ4v) is 2.83. The minimum atomic E-state index is -0.179. The Hall–Kier alpha value is -3.25. The molecule has 1 amide bonds. The first-order valence-electron chi connectivity index (χ1n) is 9.12. The van der Waals surface area contributed by atoms with Crippen molar-refractivity contribution in [2.45, 2.75) is 13.2 Å². The highest BCUT2D eigenvalue weighted by Gasteiger charge is 2.05. The molecule has 0 fully saturated rings. The Labute approximate surface area is 174 Å². The number of amides is 1. The van der Waals surface area contributed by atoms with Gasteiger partial charge in [-0.25, -0.2) is 0 Å². The van der Waals surface area contributed by atoms with E-state index in [4.69, 9.17) is 21.1 Å². The number of benzene rings is 2. The summed E-state index contributed by atoms with van der Waals surface area (Å²) in [5.41, 5.74) is 1.78. The van der Waals surface area contributed by atoms with E-state index in [0.717, 1.165) is 22.6 Å². The SMILES string of the molecule is COc1ccc(/C=C/C(=O)NCCn2cc(Cl)cn2)cc1COc1ccccc1. The van der Waals surface area contributed by atoms with Crippen molar-refractivity contribution in [1.82, 2.24) is 15.1 Å². The number of aromatic nitrogens is 2. The van der Waals surface area contributed by atoms with Crippen molar-refractivity contribution >= 4 is 23.6 Å². The van der Waals surface area contributed by atoms with E-state index in [2.05, 4.69) is 10.4 Å². The third-order valence-corrected chi connectivity index (χ3v) is 4.31. The van der Waals surface area contributed by atoms with Crippen molar-refractivity contribution in [2.24, 2.45) is 0 Å². The van der Waals surface area contributed by atoms with Crippen LogP contribution in [-0.4, -0.2) is 29.3 Å². The average Bonchev–Trinajstić information content (AvgIpc) is 3.16. The van der Waals surface area contributed by atoms with Crippen LogP contribution >= 0.6 is 11.6 Å². The summed E-state index contributed by atoms with van der Waals surface area (Å²) in [6.07, 6.45) is 6.53. The molecule has 0 bridgehead atoms. The lowest BCUT2D eigenvalue weighted by atomic mass is 10.1. The van der Waals surface area contributed by atoms with Crippen molar-refractivity contribution in [1.29, 1.82) is 0 Å². The fraction of sp³-hybridized carbons (Fsp3) is 0.182. The summed E-state index contributed by atoms with van der Waals surface area (Å²) in [7, 11) is 1.62. The van der Waals surface area contributed by atoms with Crippen LogP contribution in [0.2, 0.25) is 5.02 Å². The molecule has 6 nitrogen and oxygen atoms in total. The molecular formula is C22H22ClN3O3. The van der Waals surface area contributed by atoms with Crippen LogP contribution in [0, 0.1) is 0 Å². The molecular weight excluding hydrogens is 390 g/mol. The van der Waals surface area contributed by atoms with Gasteiger partial charge in [0.05, 0.1) is 24.9 Å². The standard InChI is InChI=1S/C22H22ClN3O3/c1-28-21-9-7-17(13-18(21)16-29-20-5-3-2-4-6-20)8-10-22(27)24-11-12-26-15-19(23)14-25-26/h2-10,13-15H,11-12,16H2,1H3,(H,24,27)/b10-8+. The molecule has 1 aromatic heterocycles. The molecule has 1 N–H and O–H groups in total. The van der Waals surface area contributed by atoms with Crippen LogP contribution in [0.3, 0.4) is 0 Å². The Kier molecular flexibility index (Phi) is 7.30. The summed E-state index contributed by atoms with van der Waals surface area (Å²) in [5, 5.41) is 7.45. The van der Waals surface area contributed by atoms with Crippen LogP contribution in [0.4, 0.5) is 0 Å². The number of carbonyl (C=O) groups excluding carboxylic acids is 1. The molecule has 0 spiro atoms. The van der Waals surface area contributed by atoms with Gasteiger partial charge in [-0.05, 0) is 35.9 Å². The van der Waals surface area contributed by atoms with E-state index < -0.39 is 0 Å². The number of rotatable bonds is 9. The zero-order valence-electron chi connectivity index (χ0n) is 16.0. The first-order chi connectivity index (χ1) is 14.1. The summed E-state index contributed by atoms with van der Waals surface area (Å²) >= 11 is 5.81. The van der Waals surface area contributed by atoms with E-state index in [-0.39, 0.29) is 5.91 Å². The maximum Gasteiger partial charge on any atom is 0.244 e. The first-order valence-corrected chi connectivity index (χ1v) is 9.50. The number of ether oxygens (including phenoxy) is 2. The van der Waals surface area contributed by atoms with Gasteiger partial charge in [-0.15, -0.1) is 0 Å². The summed E-state index contributed by atoms with van der Waals surface area (Å²) in [5.74, 6) is 1.34. The second-order valence-electron chi connectivity index (χ2n) is 6.22. The predicted octanol–water partition coefficient (Wildman–Crippen LogP) is 3.95. The molecule has 0 saturated heterocycles. The Balaban J connectivity index is 1.55. The summed E-state index contributed by atoms with van der Waals surface area (Å²) < 4.78 is 12.9. The second kappa shape index (κ2) is 10.3. The third-order valence-electron chi connectivity index (χ3n) is 4.11. The summed E-state index contributed by atoms with van der Waals surface area (Å²) in [4.78, 5) is 12.0. The lowest BCUT2D eigenvalue weighted by molar-refractivity contribution is -0.116. The second-order valence-corrected chi connectivity index (χ2v) is 6.66. The maximum atomic E-state index is 12.0. The maximum absolute atomic E-state index is 12.0. The summed E-state index contributed by atoms with van der Waals surface area (Å²) in [6.45, 7) is 1.38. The van der Waals surface area contributed by atoms with Crippen LogP contribution in [0.25, 0.3) is 6.08 Å². The first kappa shape index (κ1) is 20.5. The van der Waals surface area contributed by atoms with E-state index in [9.17, 15) is 4.79 Å². The third kappa shape index (κ3) is 6.40. The smallest absolute Gasteiger partial charge is 0.244 e. The molecule has 150 valence electrons. The normalized spacial score (nSPS) is 10.8. The molecule has 0 aliphatic rings. The highest BCUT2D eigenvalue weighted by molar-refractivity contribution is 6.30. The molecule has 3 aromatic rings. The zero-order valence-corrected chi connectivity index (χ0v) is 16.8. The molecule has 1 heterocycles. The number of carbonyl (C=O) groups is 1. The summed E-state index contributed by atoms with van der Waals surface area (Å²) in [6, 6.07) is 15.3. The molecule has 0 unspecified atom stereocenters. The van der Waals surface area contributed by atoms with Crippen molar-refractivity contribution in [3.05, 3.63) is 83.2 Å². The Morgan fingerprint density at radius 1 is 1.24 bits per heavy atom. The largest absolute Gasteiger partial charge is 0.496 e. The van der Waals surface area contributed by atoms with Crippen LogP contribution < -0.4 is 14.8 Å². The van der Waals surface area contributed by atoms with Crippen LogP contribution in [0.15, 0.2) is 67.0 Å². The van der Waals surface area contributed by atoms with Gasteiger partial charge in [-0.3, -0.25) is 9.48 Å². The van der Waals surface area contributed by atoms with Gasteiger partial charge >= 0.3 is 0 Å². The lowest BCUT2D eigenvalue weighted by Crippen LogP contribution is -2.25. The quantitative estimate of drug-likeness (QED) is 0.541. The van der Waals surface area contributed by atoms with E-state index >= 15 is 0 Å². The zero-order chi connectivity index (χ0) is 20.5. The van der Waals surface area contributed by atoms with Crippen LogP contribution in [0.5, 0.6) is 11.5 Å². The Bertz CT molecular complexity index is 970. The number of para-hydroxylation sites is 1. The van der Waals surface area contributed by atoms with Gasteiger partial charge in [0, 0.05) is 24.4 Å². The van der Waals surface area contributed by atoms with E-state index in [1.54, 1.807) is 30.3 Å². The van der Waals surface area contributed by atoms with Gasteiger partial charge in [0.25, 0.3) is 0 Å². The minimum Gasteiger partial charge on any atom is -0.496 e. The van der Waals surface area contributed by atoms with Gasteiger partial charge in [-0.1, -0.05) is 35.9 Å². The molecule has 0 saturated carbocycles. The predicted molar refractivity (Wildman–Crippen MR) is 113 cm³/mol. The molecule has 0 atom stereocenters. The minimum absolute atomic E-state index is 0.179. The monoisotopic (exact) mass is 411 g/mol. The van der Waals surface area contributed by atoms with Crippen molar-refractivity contribution < 1.29 is 14.3 Å². The molecule has 0 aliphatic carbocycles. The topological polar surface area (TPSA) is 65.4 Å². The van der Waals surface area contributed by atoms with Gasteiger partial charge in [0.2, 0.25) is 5.91 Å². The van der Waals surface area contributed by atoms with E-state index in [0.29, 0.717) is 24.7 Å². The molecule has 3 rings (SSSR count). The van der Waals surface area contributed by atoms with Gasteiger partial charge < -0.3 is 14.8 Å². The molecule has 0 aliphatic heterocycles. The molecule has 29 heavy (non-hydrogen) atoms. The molecule has 2 aromatic carbocycles.